The van der Waals surface area contributed by atoms with E-state index in [2.05, 4.69) is 15.7 Å². The van der Waals surface area contributed by atoms with Crippen LogP contribution in [0.4, 0.5) is 0 Å². The molecule has 2 N–H and O–H groups in total. The van der Waals surface area contributed by atoms with E-state index in [1.165, 1.54) is 0 Å². The van der Waals surface area contributed by atoms with E-state index in [-0.39, 0.29) is 18.4 Å². The molecule has 2 amide bonds. The largest absolute Gasteiger partial charge is 0.484 e. The maximum absolute atomic E-state index is 12.5. The number of nitrogens with zero attached hydrogens (tertiary/aromatic N) is 2. The van der Waals surface area contributed by atoms with Crippen molar-refractivity contribution in [2.75, 3.05) is 13.2 Å². The van der Waals surface area contributed by atoms with E-state index in [1.54, 1.807) is 10.7 Å². The Morgan fingerprint density at radius 1 is 1.10 bits per heavy atom. The van der Waals surface area contributed by atoms with Gasteiger partial charge in [0.25, 0.3) is 11.8 Å². The number of hydrogen-bond donors (Lipinski definition) is 2. The molecule has 31 heavy (non-hydrogen) atoms. The van der Waals surface area contributed by atoms with Gasteiger partial charge in [0.15, 0.2) is 12.3 Å². The smallest absolute Gasteiger partial charge is 0.271 e. The van der Waals surface area contributed by atoms with Crippen molar-refractivity contribution in [2.45, 2.75) is 32.2 Å². The standard InChI is InChI=1S/C24H26N4O3/c1-17-15-22(27-28(17)20-5-3-2-4-6-20)24(30)25-14-13-18-7-11-21(12-8-18)31-16-23(29)26-19-9-10-19/h2-8,11-12,15,19H,9-10,13-14,16H2,1H3,(H,25,30)(H,26,29). The number of amides is 2. The van der Waals surface area contributed by atoms with Gasteiger partial charge in [0.1, 0.15) is 5.75 Å². The third-order valence-corrected chi connectivity index (χ3v) is 5.06. The van der Waals surface area contributed by atoms with Crippen molar-refractivity contribution in [3.05, 3.63) is 77.6 Å². The maximum atomic E-state index is 12.5. The minimum atomic E-state index is -0.195. The topological polar surface area (TPSA) is 85.2 Å². The lowest BCUT2D eigenvalue weighted by molar-refractivity contribution is -0.123. The van der Waals surface area contributed by atoms with Crippen molar-refractivity contribution in [1.82, 2.24) is 20.4 Å². The van der Waals surface area contributed by atoms with Gasteiger partial charge >= 0.3 is 0 Å². The first kappa shape index (κ1) is 20.7. The highest BCUT2D eigenvalue weighted by Gasteiger charge is 2.23. The second kappa shape index (κ2) is 9.47. The third-order valence-electron chi connectivity index (χ3n) is 5.06. The molecule has 1 aromatic heterocycles. The lowest BCUT2D eigenvalue weighted by Gasteiger charge is -2.08. The second-order valence-corrected chi connectivity index (χ2v) is 7.70. The zero-order valence-corrected chi connectivity index (χ0v) is 17.5. The molecule has 4 rings (SSSR count). The molecule has 1 aliphatic carbocycles. The minimum Gasteiger partial charge on any atom is -0.484 e. The van der Waals surface area contributed by atoms with Gasteiger partial charge in [-0.05, 0) is 62.1 Å². The lowest BCUT2D eigenvalue weighted by Crippen LogP contribution is -2.30. The molecular weight excluding hydrogens is 392 g/mol. The van der Waals surface area contributed by atoms with Crippen LogP contribution in [0.5, 0.6) is 5.75 Å². The highest BCUT2D eigenvalue weighted by atomic mass is 16.5. The van der Waals surface area contributed by atoms with Gasteiger partial charge in [-0.1, -0.05) is 30.3 Å². The predicted octanol–water partition coefficient (Wildman–Crippen LogP) is 2.81. The molecule has 1 saturated carbocycles. The highest BCUT2D eigenvalue weighted by Crippen LogP contribution is 2.18. The van der Waals surface area contributed by atoms with E-state index >= 15 is 0 Å². The summed E-state index contributed by atoms with van der Waals surface area (Å²) in [6, 6.07) is 19.4. The minimum absolute atomic E-state index is 0.0287. The molecule has 0 atom stereocenters. The SMILES string of the molecule is Cc1cc(C(=O)NCCc2ccc(OCC(=O)NC3CC3)cc2)nn1-c1ccccc1. The summed E-state index contributed by atoms with van der Waals surface area (Å²) in [5, 5.41) is 10.2. The first-order chi connectivity index (χ1) is 15.1. The molecule has 0 unspecified atom stereocenters. The van der Waals surface area contributed by atoms with E-state index in [1.807, 2.05) is 61.5 Å². The summed E-state index contributed by atoms with van der Waals surface area (Å²) in [5.41, 5.74) is 3.29. The summed E-state index contributed by atoms with van der Waals surface area (Å²) in [7, 11) is 0. The van der Waals surface area contributed by atoms with Gasteiger partial charge in [-0.15, -0.1) is 0 Å². The van der Waals surface area contributed by atoms with Gasteiger partial charge in [-0.3, -0.25) is 9.59 Å². The van der Waals surface area contributed by atoms with Crippen LogP contribution in [-0.2, 0) is 11.2 Å². The van der Waals surface area contributed by atoms with Gasteiger partial charge < -0.3 is 15.4 Å². The average molecular weight is 418 g/mol. The lowest BCUT2D eigenvalue weighted by atomic mass is 10.1. The van der Waals surface area contributed by atoms with E-state index in [0.717, 1.165) is 29.8 Å². The highest BCUT2D eigenvalue weighted by molar-refractivity contribution is 5.92. The van der Waals surface area contributed by atoms with E-state index in [4.69, 9.17) is 4.74 Å². The fraction of sp³-hybridized carbons (Fsp3) is 0.292. The first-order valence-electron chi connectivity index (χ1n) is 10.5. The molecule has 1 heterocycles. The molecule has 1 fully saturated rings. The summed E-state index contributed by atoms with van der Waals surface area (Å²) >= 11 is 0. The Labute approximate surface area is 181 Å². The Bertz CT molecular complexity index is 1040. The number of ether oxygens (including phenoxy) is 1. The molecule has 0 spiro atoms. The van der Waals surface area contributed by atoms with Crippen LogP contribution < -0.4 is 15.4 Å². The molecule has 1 aliphatic rings. The van der Waals surface area contributed by atoms with Crippen LogP contribution in [0.2, 0.25) is 0 Å². The second-order valence-electron chi connectivity index (χ2n) is 7.70. The summed E-state index contributed by atoms with van der Waals surface area (Å²) < 4.78 is 7.27. The number of nitrogens with one attached hydrogen (secondary N) is 2. The average Bonchev–Trinajstić information content (AvgIpc) is 3.51. The van der Waals surface area contributed by atoms with E-state index in [9.17, 15) is 9.59 Å². The molecule has 0 bridgehead atoms. The molecule has 7 nitrogen and oxygen atoms in total. The molecule has 7 heteroatoms. The number of benzene rings is 2. The van der Waals surface area contributed by atoms with Gasteiger partial charge in [0.2, 0.25) is 0 Å². The van der Waals surface area contributed by atoms with Crippen LogP contribution in [0.25, 0.3) is 5.69 Å². The van der Waals surface area contributed by atoms with Crippen molar-refractivity contribution in [3.8, 4) is 11.4 Å². The fourth-order valence-corrected chi connectivity index (χ4v) is 3.23. The molecular formula is C24H26N4O3. The van der Waals surface area contributed by atoms with Gasteiger partial charge in [0, 0.05) is 18.3 Å². The molecule has 0 saturated heterocycles. The molecule has 160 valence electrons. The van der Waals surface area contributed by atoms with Gasteiger partial charge in [0.05, 0.1) is 5.69 Å². The Morgan fingerprint density at radius 2 is 1.84 bits per heavy atom. The number of aromatic nitrogens is 2. The number of aryl methyl sites for hydroxylation is 1. The summed E-state index contributed by atoms with van der Waals surface area (Å²) in [4.78, 5) is 24.1. The Hall–Kier alpha value is -3.61. The summed E-state index contributed by atoms with van der Waals surface area (Å²) in [6.07, 6.45) is 2.81. The van der Waals surface area contributed by atoms with Crippen LogP contribution in [0.3, 0.4) is 0 Å². The van der Waals surface area contributed by atoms with Crippen LogP contribution in [0.15, 0.2) is 60.7 Å². The molecule has 0 aliphatic heterocycles. The fourth-order valence-electron chi connectivity index (χ4n) is 3.23. The van der Waals surface area contributed by atoms with Crippen molar-refractivity contribution < 1.29 is 14.3 Å². The maximum Gasteiger partial charge on any atom is 0.271 e. The van der Waals surface area contributed by atoms with Crippen molar-refractivity contribution >= 4 is 11.8 Å². The van der Waals surface area contributed by atoms with E-state index in [0.29, 0.717) is 30.5 Å². The van der Waals surface area contributed by atoms with E-state index < -0.39 is 0 Å². The number of rotatable bonds is 9. The summed E-state index contributed by atoms with van der Waals surface area (Å²) in [6.45, 7) is 2.46. The molecule has 0 radical (unpaired) electrons. The van der Waals surface area contributed by atoms with Crippen LogP contribution in [-0.4, -0.2) is 40.8 Å². The Morgan fingerprint density at radius 3 is 2.55 bits per heavy atom. The predicted molar refractivity (Wildman–Crippen MR) is 117 cm³/mol. The summed E-state index contributed by atoms with van der Waals surface area (Å²) in [5.74, 6) is 0.374. The normalized spacial score (nSPS) is 12.9. The van der Waals surface area contributed by atoms with Crippen molar-refractivity contribution in [2.24, 2.45) is 0 Å². The van der Waals surface area contributed by atoms with Crippen molar-refractivity contribution in [1.29, 1.82) is 0 Å². The van der Waals surface area contributed by atoms with Gasteiger partial charge in [-0.25, -0.2) is 4.68 Å². The van der Waals surface area contributed by atoms with Crippen molar-refractivity contribution in [3.63, 3.8) is 0 Å². The zero-order chi connectivity index (χ0) is 21.6. The quantitative estimate of drug-likeness (QED) is 0.560. The van der Waals surface area contributed by atoms with Gasteiger partial charge in [-0.2, -0.15) is 5.10 Å². The number of carbonyl (C=O) groups is 2. The van der Waals surface area contributed by atoms with Crippen LogP contribution in [0, 0.1) is 6.92 Å². The Kier molecular flexibility index (Phi) is 6.31. The molecule has 3 aromatic rings. The first-order valence-corrected chi connectivity index (χ1v) is 10.5. The molecule has 2 aromatic carbocycles. The number of hydrogen-bond acceptors (Lipinski definition) is 4. The number of carbonyl (C=O) groups excluding carboxylic acids is 2. The number of para-hydroxylation sites is 1. The van der Waals surface area contributed by atoms with Crippen LogP contribution >= 0.6 is 0 Å². The Balaban J connectivity index is 1.23. The zero-order valence-electron chi connectivity index (χ0n) is 17.5. The van der Waals surface area contributed by atoms with Crippen LogP contribution in [0.1, 0.15) is 34.6 Å². The monoisotopic (exact) mass is 418 g/mol. The third kappa shape index (κ3) is 5.72.